The van der Waals surface area contributed by atoms with Crippen molar-refractivity contribution in [3.8, 4) is 11.5 Å². The average Bonchev–Trinajstić information content (AvgIpc) is 3.43. The third kappa shape index (κ3) is 4.25. The summed E-state index contributed by atoms with van der Waals surface area (Å²) in [5.41, 5.74) is 1.89. The Kier molecular flexibility index (Phi) is 5.50. The maximum atomic E-state index is 10.2. The molecular formula is C20H27N7O2. The number of rotatable bonds is 7. The normalized spacial score (nSPS) is 19.1. The van der Waals surface area contributed by atoms with Gasteiger partial charge in [0, 0.05) is 52.9 Å². The van der Waals surface area contributed by atoms with Crippen LogP contribution in [0.1, 0.15) is 12.1 Å². The second kappa shape index (κ2) is 8.22. The van der Waals surface area contributed by atoms with Gasteiger partial charge in [-0.1, -0.05) is 0 Å². The molecule has 0 spiro atoms. The molecule has 1 aliphatic rings. The van der Waals surface area contributed by atoms with E-state index in [0.29, 0.717) is 19.5 Å². The molecule has 0 radical (unpaired) electrons. The van der Waals surface area contributed by atoms with Gasteiger partial charge in [-0.15, -0.1) is 0 Å². The largest absolute Gasteiger partial charge is 0.463 e. The van der Waals surface area contributed by atoms with E-state index in [4.69, 9.17) is 4.42 Å². The van der Waals surface area contributed by atoms with E-state index in [2.05, 4.69) is 25.3 Å². The number of nitrogens with one attached hydrogen (secondary N) is 1. The van der Waals surface area contributed by atoms with Crippen molar-refractivity contribution in [1.82, 2.24) is 25.1 Å². The molecule has 0 aromatic carbocycles. The molecule has 1 saturated heterocycles. The van der Waals surface area contributed by atoms with Crippen molar-refractivity contribution < 1.29 is 9.52 Å². The number of nitrogens with zero attached hydrogens (tertiary/aromatic N) is 6. The van der Waals surface area contributed by atoms with Crippen LogP contribution in [0.2, 0.25) is 0 Å². The van der Waals surface area contributed by atoms with E-state index in [1.165, 1.54) is 0 Å². The van der Waals surface area contributed by atoms with Crippen LogP contribution >= 0.6 is 0 Å². The van der Waals surface area contributed by atoms with Crippen molar-refractivity contribution in [2.75, 3.05) is 37.0 Å². The molecule has 1 fully saturated rings. The van der Waals surface area contributed by atoms with Gasteiger partial charge in [-0.25, -0.2) is 9.97 Å². The van der Waals surface area contributed by atoms with Crippen LogP contribution in [0.4, 0.5) is 11.6 Å². The lowest BCUT2D eigenvalue weighted by Crippen LogP contribution is -2.38. The Morgan fingerprint density at radius 2 is 2.17 bits per heavy atom. The first-order valence-corrected chi connectivity index (χ1v) is 9.73. The van der Waals surface area contributed by atoms with Crippen LogP contribution in [-0.4, -0.2) is 64.2 Å². The number of β-amino-alcohol motifs (C(OH)–C–C–N with tert-alkyl or cyclic N) is 1. The molecular weight excluding hydrogens is 370 g/mol. The van der Waals surface area contributed by atoms with E-state index >= 15 is 0 Å². The van der Waals surface area contributed by atoms with E-state index in [-0.39, 0.29) is 12.1 Å². The maximum Gasteiger partial charge on any atom is 0.154 e. The molecule has 0 unspecified atom stereocenters. The number of hydrogen-bond donors (Lipinski definition) is 2. The topological polar surface area (TPSA) is 95.5 Å². The van der Waals surface area contributed by atoms with E-state index in [1.54, 1.807) is 12.6 Å². The summed E-state index contributed by atoms with van der Waals surface area (Å²) in [6.45, 7) is 1.99. The second-order valence-electron chi connectivity index (χ2n) is 7.58. The third-order valence-corrected chi connectivity index (χ3v) is 5.22. The minimum absolute atomic E-state index is 0.160. The quantitative estimate of drug-likeness (QED) is 0.615. The SMILES string of the molecule is CN(C)c1cc(N2C[C@H](O)C[C@@H]2CNCc2cc(-c3ccco3)nn2C)ncn1. The van der Waals surface area contributed by atoms with Crippen LogP contribution in [0.15, 0.2) is 41.3 Å². The summed E-state index contributed by atoms with van der Waals surface area (Å²) in [5, 5.41) is 18.2. The van der Waals surface area contributed by atoms with Crippen molar-refractivity contribution in [3.63, 3.8) is 0 Å². The van der Waals surface area contributed by atoms with E-state index in [9.17, 15) is 5.11 Å². The van der Waals surface area contributed by atoms with Gasteiger partial charge in [0.05, 0.1) is 18.1 Å². The molecule has 3 aromatic rings. The van der Waals surface area contributed by atoms with Gasteiger partial charge in [-0.2, -0.15) is 5.10 Å². The standard InChI is InChI=1S/C20H27N7O2/c1-25(2)19-9-20(23-13-22-19)27-12-16(28)7-15(27)11-21-10-14-8-17(24-26(14)3)18-5-4-6-29-18/h4-6,8-9,13,15-16,21,28H,7,10-12H2,1-3H3/t15-,16-/m1/s1. The number of anilines is 2. The predicted molar refractivity (Wildman–Crippen MR) is 111 cm³/mol. The Morgan fingerprint density at radius 3 is 2.93 bits per heavy atom. The first-order valence-electron chi connectivity index (χ1n) is 9.73. The first kappa shape index (κ1) is 19.4. The van der Waals surface area contributed by atoms with Gasteiger partial charge >= 0.3 is 0 Å². The van der Waals surface area contributed by atoms with E-state index in [0.717, 1.165) is 35.3 Å². The van der Waals surface area contributed by atoms with Gasteiger partial charge in [0.1, 0.15) is 23.7 Å². The molecule has 0 saturated carbocycles. The lowest BCUT2D eigenvalue weighted by Gasteiger charge is -2.26. The van der Waals surface area contributed by atoms with Crippen molar-refractivity contribution in [2.24, 2.45) is 7.05 Å². The molecule has 154 valence electrons. The summed E-state index contributed by atoms with van der Waals surface area (Å²) in [5.74, 6) is 2.45. The summed E-state index contributed by atoms with van der Waals surface area (Å²) < 4.78 is 7.29. The zero-order valence-corrected chi connectivity index (χ0v) is 17.0. The fourth-order valence-corrected chi connectivity index (χ4v) is 3.69. The molecule has 3 aromatic heterocycles. The molecule has 1 aliphatic heterocycles. The Hall–Kier alpha value is -2.91. The number of aromatic nitrogens is 4. The van der Waals surface area contributed by atoms with Crippen molar-refractivity contribution in [2.45, 2.75) is 25.1 Å². The average molecular weight is 397 g/mol. The smallest absolute Gasteiger partial charge is 0.154 e. The molecule has 9 nitrogen and oxygen atoms in total. The predicted octanol–water partition coefficient (Wildman–Crippen LogP) is 1.27. The highest BCUT2D eigenvalue weighted by atomic mass is 16.3. The minimum Gasteiger partial charge on any atom is -0.463 e. The first-order chi connectivity index (χ1) is 14.0. The minimum atomic E-state index is -0.359. The molecule has 4 heterocycles. The number of aryl methyl sites for hydroxylation is 1. The Balaban J connectivity index is 1.40. The van der Waals surface area contributed by atoms with Gasteiger partial charge in [0.25, 0.3) is 0 Å². The number of hydrogen-bond acceptors (Lipinski definition) is 8. The van der Waals surface area contributed by atoms with Crippen LogP contribution in [0.3, 0.4) is 0 Å². The number of aliphatic hydroxyl groups excluding tert-OH is 1. The Labute approximate surface area is 170 Å². The fourth-order valence-electron chi connectivity index (χ4n) is 3.69. The molecule has 0 bridgehead atoms. The molecule has 29 heavy (non-hydrogen) atoms. The molecule has 2 atom stereocenters. The summed E-state index contributed by atoms with van der Waals surface area (Å²) in [6, 6.07) is 7.91. The fraction of sp³-hybridized carbons (Fsp3) is 0.450. The van der Waals surface area contributed by atoms with Gasteiger partial charge in [0.2, 0.25) is 0 Å². The van der Waals surface area contributed by atoms with Crippen LogP contribution in [0, 0.1) is 0 Å². The highest BCUT2D eigenvalue weighted by Crippen LogP contribution is 2.26. The van der Waals surface area contributed by atoms with Crippen molar-refractivity contribution in [1.29, 1.82) is 0 Å². The Bertz CT molecular complexity index is 938. The molecule has 2 N–H and O–H groups in total. The monoisotopic (exact) mass is 397 g/mol. The summed E-state index contributed by atoms with van der Waals surface area (Å²) in [4.78, 5) is 12.8. The summed E-state index contributed by atoms with van der Waals surface area (Å²) in [7, 11) is 5.84. The third-order valence-electron chi connectivity index (χ3n) is 5.22. The molecule has 4 rings (SSSR count). The van der Waals surface area contributed by atoms with Gasteiger partial charge in [-0.05, 0) is 24.6 Å². The second-order valence-corrected chi connectivity index (χ2v) is 7.58. The van der Waals surface area contributed by atoms with Crippen molar-refractivity contribution in [3.05, 3.63) is 42.5 Å². The van der Waals surface area contributed by atoms with Gasteiger partial charge in [-0.3, -0.25) is 4.68 Å². The molecule has 0 aliphatic carbocycles. The van der Waals surface area contributed by atoms with Crippen LogP contribution < -0.4 is 15.1 Å². The van der Waals surface area contributed by atoms with Crippen LogP contribution in [0.25, 0.3) is 11.5 Å². The van der Waals surface area contributed by atoms with E-state index in [1.807, 2.05) is 55.0 Å². The number of furan rings is 1. The summed E-state index contributed by atoms with van der Waals surface area (Å²) >= 11 is 0. The van der Waals surface area contributed by atoms with Crippen LogP contribution in [0.5, 0.6) is 0 Å². The van der Waals surface area contributed by atoms with Crippen LogP contribution in [-0.2, 0) is 13.6 Å². The molecule has 9 heteroatoms. The Morgan fingerprint density at radius 1 is 1.31 bits per heavy atom. The lowest BCUT2D eigenvalue weighted by molar-refractivity contribution is 0.194. The molecule has 0 amide bonds. The van der Waals surface area contributed by atoms with Gasteiger partial charge < -0.3 is 24.6 Å². The summed E-state index contributed by atoms with van der Waals surface area (Å²) in [6.07, 6.45) is 3.57. The van der Waals surface area contributed by atoms with Gasteiger partial charge in [0.15, 0.2) is 5.76 Å². The van der Waals surface area contributed by atoms with Crippen molar-refractivity contribution >= 4 is 11.6 Å². The highest BCUT2D eigenvalue weighted by Gasteiger charge is 2.31. The number of aliphatic hydroxyl groups is 1. The highest BCUT2D eigenvalue weighted by molar-refractivity contribution is 5.52. The lowest BCUT2D eigenvalue weighted by atomic mass is 10.2. The zero-order chi connectivity index (χ0) is 20.4. The maximum absolute atomic E-state index is 10.2. The zero-order valence-electron chi connectivity index (χ0n) is 17.0. The van der Waals surface area contributed by atoms with E-state index < -0.39 is 0 Å².